The van der Waals surface area contributed by atoms with Crippen molar-refractivity contribution in [3.05, 3.63) is 0 Å². The van der Waals surface area contributed by atoms with Crippen LogP contribution >= 0.6 is 0 Å². The summed E-state index contributed by atoms with van der Waals surface area (Å²) < 4.78 is 63.2. The summed E-state index contributed by atoms with van der Waals surface area (Å²) in [4.78, 5) is 0. The van der Waals surface area contributed by atoms with E-state index in [0.717, 1.165) is 23.6 Å². The molecule has 1 fully saturated rings. The summed E-state index contributed by atoms with van der Waals surface area (Å²) in [7, 11) is -2.90. The Labute approximate surface area is 117 Å². The summed E-state index contributed by atoms with van der Waals surface area (Å²) in [6.07, 6.45) is -0.528. The van der Waals surface area contributed by atoms with Gasteiger partial charge in [0.1, 0.15) is 6.54 Å². The fourth-order valence-electron chi connectivity index (χ4n) is 2.40. The molecule has 0 unspecified atom stereocenters. The maximum atomic E-state index is 12.5. The van der Waals surface area contributed by atoms with Crippen LogP contribution in [0.1, 0.15) is 32.1 Å². The molecule has 0 amide bonds. The number of aliphatic hydroxyl groups excluding tert-OH is 1. The fourth-order valence-corrected chi connectivity index (χ4v) is 3.98. The highest BCUT2D eigenvalue weighted by Gasteiger charge is 2.39. The molecule has 1 saturated carbocycles. The standard InChI is InChI=1S/C11H21F3N2O3S/c1-15(10-5-3-2-4-6-10)20(18,19)16(7-8-17)9-11(12,13)14/h10,17H,2-9H2,1H3. The summed E-state index contributed by atoms with van der Waals surface area (Å²) in [6.45, 7) is -2.78. The molecule has 1 aliphatic rings. The van der Waals surface area contributed by atoms with Crippen molar-refractivity contribution in [2.45, 2.75) is 44.3 Å². The molecule has 120 valence electrons. The average molecular weight is 318 g/mol. The van der Waals surface area contributed by atoms with Crippen molar-refractivity contribution >= 4 is 10.2 Å². The van der Waals surface area contributed by atoms with Crippen molar-refractivity contribution in [3.8, 4) is 0 Å². The van der Waals surface area contributed by atoms with Crippen molar-refractivity contribution in [2.75, 3.05) is 26.7 Å². The van der Waals surface area contributed by atoms with Gasteiger partial charge in [-0.3, -0.25) is 0 Å². The van der Waals surface area contributed by atoms with E-state index < -0.39 is 36.1 Å². The monoisotopic (exact) mass is 318 g/mol. The Bertz CT molecular complexity index is 394. The Hall–Kier alpha value is -0.380. The Balaban J connectivity index is 2.85. The first-order valence-electron chi connectivity index (χ1n) is 6.59. The molecule has 9 heteroatoms. The van der Waals surface area contributed by atoms with Crippen LogP contribution in [0.3, 0.4) is 0 Å². The van der Waals surface area contributed by atoms with Crippen LogP contribution in [0.15, 0.2) is 0 Å². The highest BCUT2D eigenvalue weighted by atomic mass is 32.2. The molecular weight excluding hydrogens is 297 g/mol. The molecule has 0 aromatic heterocycles. The highest BCUT2D eigenvalue weighted by Crippen LogP contribution is 2.26. The van der Waals surface area contributed by atoms with Gasteiger partial charge in [0.25, 0.3) is 10.2 Å². The third-order valence-electron chi connectivity index (χ3n) is 3.48. The van der Waals surface area contributed by atoms with E-state index >= 15 is 0 Å². The lowest BCUT2D eigenvalue weighted by Crippen LogP contribution is -2.50. The highest BCUT2D eigenvalue weighted by molar-refractivity contribution is 7.86. The van der Waals surface area contributed by atoms with E-state index in [4.69, 9.17) is 5.11 Å². The van der Waals surface area contributed by atoms with Crippen LogP contribution in [0, 0.1) is 0 Å². The summed E-state index contributed by atoms with van der Waals surface area (Å²) in [6, 6.07) is -0.261. The van der Waals surface area contributed by atoms with E-state index in [2.05, 4.69) is 0 Å². The van der Waals surface area contributed by atoms with Crippen molar-refractivity contribution in [1.29, 1.82) is 0 Å². The molecule has 1 rings (SSSR count). The van der Waals surface area contributed by atoms with E-state index in [1.807, 2.05) is 0 Å². The Morgan fingerprint density at radius 1 is 1.20 bits per heavy atom. The van der Waals surface area contributed by atoms with E-state index in [0.29, 0.717) is 17.1 Å². The third kappa shape index (κ3) is 4.87. The first-order valence-corrected chi connectivity index (χ1v) is 7.99. The van der Waals surface area contributed by atoms with Crippen LogP contribution in [0.4, 0.5) is 13.2 Å². The van der Waals surface area contributed by atoms with Crippen LogP contribution in [-0.4, -0.2) is 61.1 Å². The van der Waals surface area contributed by atoms with Gasteiger partial charge in [-0.25, -0.2) is 0 Å². The topological polar surface area (TPSA) is 60.9 Å². The fraction of sp³-hybridized carbons (Fsp3) is 1.00. The van der Waals surface area contributed by atoms with Gasteiger partial charge in [-0.15, -0.1) is 0 Å². The molecular formula is C11H21F3N2O3S. The molecule has 0 atom stereocenters. The predicted octanol–water partition coefficient (Wildman–Crippen LogP) is 1.35. The van der Waals surface area contributed by atoms with Gasteiger partial charge in [0.2, 0.25) is 0 Å². The van der Waals surface area contributed by atoms with Gasteiger partial charge < -0.3 is 5.11 Å². The second kappa shape index (κ2) is 7.06. The number of aliphatic hydroxyl groups is 1. The SMILES string of the molecule is CN(C1CCCCC1)S(=O)(=O)N(CCO)CC(F)(F)F. The van der Waals surface area contributed by atoms with Gasteiger partial charge in [-0.05, 0) is 12.8 Å². The minimum Gasteiger partial charge on any atom is -0.395 e. The predicted molar refractivity (Wildman–Crippen MR) is 68.3 cm³/mol. The maximum Gasteiger partial charge on any atom is 0.402 e. The van der Waals surface area contributed by atoms with Crippen LogP contribution in [0.5, 0.6) is 0 Å². The normalized spacial score (nSPS) is 18.9. The number of rotatable bonds is 6. The lowest BCUT2D eigenvalue weighted by molar-refractivity contribution is -0.137. The van der Waals surface area contributed by atoms with Crippen molar-refractivity contribution in [3.63, 3.8) is 0 Å². The van der Waals surface area contributed by atoms with Gasteiger partial charge >= 0.3 is 6.18 Å². The Morgan fingerprint density at radius 2 is 1.75 bits per heavy atom. The van der Waals surface area contributed by atoms with E-state index in [1.54, 1.807) is 0 Å². The molecule has 5 nitrogen and oxygen atoms in total. The quantitative estimate of drug-likeness (QED) is 0.804. The first-order chi connectivity index (χ1) is 9.18. The average Bonchev–Trinajstić information content (AvgIpc) is 2.37. The molecule has 0 spiro atoms. The van der Waals surface area contributed by atoms with E-state index in [-0.39, 0.29) is 6.04 Å². The summed E-state index contributed by atoms with van der Waals surface area (Å²) in [5, 5.41) is 8.80. The molecule has 0 radical (unpaired) electrons. The van der Waals surface area contributed by atoms with E-state index in [9.17, 15) is 21.6 Å². The van der Waals surface area contributed by atoms with E-state index in [1.165, 1.54) is 7.05 Å². The largest absolute Gasteiger partial charge is 0.402 e. The zero-order valence-electron chi connectivity index (χ0n) is 11.4. The Morgan fingerprint density at radius 3 is 2.20 bits per heavy atom. The first kappa shape index (κ1) is 17.7. The second-order valence-electron chi connectivity index (χ2n) is 4.99. The van der Waals surface area contributed by atoms with Crippen molar-refractivity contribution < 1.29 is 26.7 Å². The maximum absolute atomic E-state index is 12.5. The third-order valence-corrected chi connectivity index (χ3v) is 5.47. The van der Waals surface area contributed by atoms with Crippen LogP contribution in [0.25, 0.3) is 0 Å². The number of alkyl halides is 3. The molecule has 0 heterocycles. The van der Waals surface area contributed by atoms with Crippen LogP contribution < -0.4 is 0 Å². The Kier molecular flexibility index (Phi) is 6.24. The summed E-state index contributed by atoms with van der Waals surface area (Å²) in [5.41, 5.74) is 0. The minimum absolute atomic E-state index is 0.261. The molecule has 20 heavy (non-hydrogen) atoms. The lowest BCUT2D eigenvalue weighted by atomic mass is 9.96. The zero-order chi connectivity index (χ0) is 15.4. The molecule has 0 aromatic rings. The molecule has 0 bridgehead atoms. The minimum atomic E-state index is -4.63. The van der Waals surface area contributed by atoms with Crippen molar-refractivity contribution in [2.24, 2.45) is 0 Å². The number of hydrogen-bond donors (Lipinski definition) is 1. The summed E-state index contributed by atoms with van der Waals surface area (Å²) >= 11 is 0. The van der Waals surface area contributed by atoms with Gasteiger partial charge in [0.15, 0.2) is 0 Å². The van der Waals surface area contributed by atoms with Gasteiger partial charge in [0, 0.05) is 19.6 Å². The summed E-state index contributed by atoms with van der Waals surface area (Å²) in [5.74, 6) is 0. The lowest BCUT2D eigenvalue weighted by Gasteiger charge is -2.34. The van der Waals surface area contributed by atoms with Gasteiger partial charge in [-0.2, -0.15) is 30.2 Å². The number of halogens is 3. The number of hydrogen-bond acceptors (Lipinski definition) is 3. The van der Waals surface area contributed by atoms with Crippen LogP contribution in [0.2, 0.25) is 0 Å². The smallest absolute Gasteiger partial charge is 0.395 e. The molecule has 0 aromatic carbocycles. The second-order valence-corrected chi connectivity index (χ2v) is 6.98. The van der Waals surface area contributed by atoms with Gasteiger partial charge in [-0.1, -0.05) is 19.3 Å². The molecule has 1 N–H and O–H groups in total. The van der Waals surface area contributed by atoms with Crippen LogP contribution in [-0.2, 0) is 10.2 Å². The molecule has 0 aliphatic heterocycles. The number of nitrogens with zero attached hydrogens (tertiary/aromatic N) is 2. The van der Waals surface area contributed by atoms with Crippen molar-refractivity contribution in [1.82, 2.24) is 8.61 Å². The van der Waals surface area contributed by atoms with Gasteiger partial charge in [0.05, 0.1) is 6.61 Å². The zero-order valence-corrected chi connectivity index (χ0v) is 12.3. The molecule has 1 aliphatic carbocycles. The molecule has 0 saturated heterocycles.